The van der Waals surface area contributed by atoms with Gasteiger partial charge in [-0.3, -0.25) is 4.79 Å². The van der Waals surface area contributed by atoms with Crippen LogP contribution < -0.4 is 20.5 Å². The number of alkyl halides is 2. The monoisotopic (exact) mass is 466 g/mol. The Morgan fingerprint density at radius 3 is 2.53 bits per heavy atom. The fourth-order valence-corrected chi connectivity index (χ4v) is 3.81. The number of carbonyl (C=O) groups is 1. The zero-order valence-electron chi connectivity index (χ0n) is 18.5. The van der Waals surface area contributed by atoms with Gasteiger partial charge in [-0.15, -0.1) is 8.78 Å². The molecule has 4 aromatic rings. The summed E-state index contributed by atoms with van der Waals surface area (Å²) in [6.45, 7) is 5.23. The van der Waals surface area contributed by atoms with Crippen LogP contribution in [0, 0.1) is 6.92 Å². The minimum absolute atomic E-state index is 0.0875. The third kappa shape index (κ3) is 3.76. The second-order valence-corrected chi connectivity index (χ2v) is 8.61. The molecule has 1 amide bonds. The summed E-state index contributed by atoms with van der Waals surface area (Å²) in [5, 5.41) is 2.81. The number of nitrogens with zero attached hydrogens (tertiary/aromatic N) is 1. The van der Waals surface area contributed by atoms with Gasteiger partial charge in [0.1, 0.15) is 5.82 Å². The van der Waals surface area contributed by atoms with E-state index in [4.69, 9.17) is 0 Å². The van der Waals surface area contributed by atoms with Crippen LogP contribution in [-0.2, 0) is 10.2 Å². The number of aryl methyl sites for hydroxylation is 1. The first-order valence-electron chi connectivity index (χ1n) is 10.4. The van der Waals surface area contributed by atoms with E-state index >= 15 is 0 Å². The molecule has 34 heavy (non-hydrogen) atoms. The van der Waals surface area contributed by atoms with E-state index < -0.39 is 11.7 Å². The van der Waals surface area contributed by atoms with E-state index in [0.717, 1.165) is 11.1 Å². The van der Waals surface area contributed by atoms with Crippen LogP contribution in [-0.4, -0.2) is 27.2 Å². The number of ether oxygens (including phenoxy) is 2. The number of aromatic amines is 2. The molecule has 0 aliphatic carbocycles. The van der Waals surface area contributed by atoms with Gasteiger partial charge in [0, 0.05) is 5.56 Å². The van der Waals surface area contributed by atoms with Gasteiger partial charge >= 0.3 is 12.0 Å². The van der Waals surface area contributed by atoms with Crippen molar-refractivity contribution in [2.45, 2.75) is 32.5 Å². The lowest BCUT2D eigenvalue weighted by atomic mass is 9.83. The number of halogens is 2. The number of rotatable bonds is 4. The van der Waals surface area contributed by atoms with Gasteiger partial charge in [-0.1, -0.05) is 18.2 Å². The third-order valence-corrected chi connectivity index (χ3v) is 5.82. The van der Waals surface area contributed by atoms with Crippen LogP contribution in [0.25, 0.3) is 22.3 Å². The fourth-order valence-electron chi connectivity index (χ4n) is 3.81. The number of aromatic nitrogens is 3. The largest absolute Gasteiger partial charge is 0.586 e. The van der Waals surface area contributed by atoms with Crippen molar-refractivity contribution in [2.75, 3.05) is 5.32 Å². The first-order chi connectivity index (χ1) is 16.0. The highest BCUT2D eigenvalue weighted by atomic mass is 19.3. The van der Waals surface area contributed by atoms with Crippen molar-refractivity contribution >= 4 is 22.8 Å². The Hall–Kier alpha value is -4.21. The van der Waals surface area contributed by atoms with Gasteiger partial charge in [0.15, 0.2) is 11.5 Å². The molecule has 0 saturated carbocycles. The molecule has 5 rings (SSSR count). The summed E-state index contributed by atoms with van der Waals surface area (Å²) in [4.78, 5) is 34.7. The number of hydrogen-bond acceptors (Lipinski definition) is 5. The van der Waals surface area contributed by atoms with Crippen LogP contribution in [0.1, 0.15) is 25.0 Å². The van der Waals surface area contributed by atoms with Gasteiger partial charge in [0.05, 0.1) is 22.1 Å². The molecule has 3 N–H and O–H groups in total. The molecular weight excluding hydrogens is 446 g/mol. The zero-order valence-corrected chi connectivity index (χ0v) is 18.5. The van der Waals surface area contributed by atoms with Crippen LogP contribution in [0.4, 0.5) is 14.6 Å². The van der Waals surface area contributed by atoms with Crippen LogP contribution in [0.5, 0.6) is 11.5 Å². The normalized spacial score (nSPS) is 14.4. The van der Waals surface area contributed by atoms with Gasteiger partial charge in [-0.05, 0) is 62.2 Å². The maximum Gasteiger partial charge on any atom is 0.586 e. The van der Waals surface area contributed by atoms with E-state index in [0.29, 0.717) is 28.1 Å². The maximum absolute atomic E-state index is 13.4. The zero-order chi connectivity index (χ0) is 24.3. The number of imidazole rings is 1. The van der Waals surface area contributed by atoms with E-state index in [1.54, 1.807) is 38.1 Å². The molecule has 0 radical (unpaired) electrons. The summed E-state index contributed by atoms with van der Waals surface area (Å²) in [6, 6.07) is 13.2. The van der Waals surface area contributed by atoms with Crippen molar-refractivity contribution in [2.24, 2.45) is 0 Å². The first kappa shape index (κ1) is 21.6. The summed E-state index contributed by atoms with van der Waals surface area (Å²) in [7, 11) is 0. The number of pyridine rings is 1. The molecule has 1 aliphatic heterocycles. The highest BCUT2D eigenvalue weighted by molar-refractivity contribution is 5.98. The molecule has 0 atom stereocenters. The minimum atomic E-state index is -3.73. The molecule has 0 unspecified atom stereocenters. The number of nitrogens with one attached hydrogen (secondary N) is 3. The van der Waals surface area contributed by atoms with Crippen molar-refractivity contribution in [3.63, 3.8) is 0 Å². The SMILES string of the molecule is Cc1ccc(NC(=O)C(C)(C)c2ccc3c(c2)OC(F)(F)O3)nc1-c1ccc2[nH]c(=O)[nH]c2c1. The van der Waals surface area contributed by atoms with Crippen molar-refractivity contribution in [3.05, 3.63) is 70.1 Å². The van der Waals surface area contributed by atoms with Crippen LogP contribution in [0.2, 0.25) is 0 Å². The molecular formula is C24H20F2N4O4. The van der Waals surface area contributed by atoms with Crippen molar-refractivity contribution < 1.29 is 23.0 Å². The van der Waals surface area contributed by atoms with Crippen molar-refractivity contribution in [1.82, 2.24) is 15.0 Å². The number of hydrogen-bond donors (Lipinski definition) is 3. The van der Waals surface area contributed by atoms with Crippen LogP contribution in [0.15, 0.2) is 53.3 Å². The summed E-state index contributed by atoms with van der Waals surface area (Å²) >= 11 is 0. The maximum atomic E-state index is 13.4. The average molecular weight is 466 g/mol. The van der Waals surface area contributed by atoms with E-state index in [-0.39, 0.29) is 23.1 Å². The Morgan fingerprint density at radius 1 is 1.00 bits per heavy atom. The van der Waals surface area contributed by atoms with Gasteiger partial charge in [-0.25, -0.2) is 9.78 Å². The number of H-pyrrole nitrogens is 2. The van der Waals surface area contributed by atoms with Crippen LogP contribution >= 0.6 is 0 Å². The molecule has 8 nitrogen and oxygen atoms in total. The highest BCUT2D eigenvalue weighted by Crippen LogP contribution is 2.43. The quantitative estimate of drug-likeness (QED) is 0.411. The third-order valence-electron chi connectivity index (χ3n) is 5.82. The fraction of sp³-hybridized carbons (Fsp3) is 0.208. The predicted molar refractivity (Wildman–Crippen MR) is 121 cm³/mol. The molecule has 2 aromatic heterocycles. The number of amides is 1. The Kier molecular flexibility index (Phi) is 4.71. The predicted octanol–water partition coefficient (Wildman–Crippen LogP) is 4.46. The number of benzene rings is 2. The Balaban J connectivity index is 1.42. The van der Waals surface area contributed by atoms with E-state index in [2.05, 4.69) is 29.7 Å². The molecule has 1 aliphatic rings. The first-order valence-corrected chi connectivity index (χ1v) is 10.4. The molecule has 0 saturated heterocycles. The second-order valence-electron chi connectivity index (χ2n) is 8.61. The Morgan fingerprint density at radius 2 is 1.74 bits per heavy atom. The van der Waals surface area contributed by atoms with E-state index in [1.807, 2.05) is 19.1 Å². The lowest BCUT2D eigenvalue weighted by Gasteiger charge is -2.24. The molecule has 174 valence electrons. The van der Waals surface area contributed by atoms with Gasteiger partial charge in [0.2, 0.25) is 5.91 Å². The van der Waals surface area contributed by atoms with Crippen molar-refractivity contribution in [3.8, 4) is 22.8 Å². The van der Waals surface area contributed by atoms with Gasteiger partial charge in [-0.2, -0.15) is 0 Å². The summed E-state index contributed by atoms with van der Waals surface area (Å²) in [6.07, 6.45) is -3.73. The lowest BCUT2D eigenvalue weighted by molar-refractivity contribution is -0.286. The van der Waals surface area contributed by atoms with Gasteiger partial charge in [0.25, 0.3) is 0 Å². The number of fused-ring (bicyclic) bond motifs is 2. The number of anilines is 1. The standard InChI is InChI=1S/C24H20F2N4O4/c1-12-4-9-19(29-20(12)13-5-7-15-16(10-13)28-22(32)27-15)30-21(31)23(2,3)14-6-8-17-18(11-14)34-24(25,26)33-17/h4-11H,1-3H3,(H2,27,28,32)(H,29,30,31). The van der Waals surface area contributed by atoms with Crippen LogP contribution in [0.3, 0.4) is 0 Å². The molecule has 0 fully saturated rings. The smallest absolute Gasteiger partial charge is 0.395 e. The summed E-state index contributed by atoms with van der Waals surface area (Å²) in [5.41, 5.74) is 2.70. The molecule has 2 aromatic carbocycles. The number of carbonyl (C=O) groups excluding carboxylic acids is 1. The van der Waals surface area contributed by atoms with E-state index in [9.17, 15) is 18.4 Å². The average Bonchev–Trinajstić information content (AvgIpc) is 3.30. The second kappa shape index (κ2) is 7.41. The molecule has 3 heterocycles. The molecule has 0 spiro atoms. The summed E-state index contributed by atoms with van der Waals surface area (Å²) < 4.78 is 35.7. The lowest BCUT2D eigenvalue weighted by Crippen LogP contribution is -2.35. The van der Waals surface area contributed by atoms with E-state index in [1.165, 1.54) is 12.1 Å². The van der Waals surface area contributed by atoms with Gasteiger partial charge < -0.3 is 24.8 Å². The molecule has 0 bridgehead atoms. The minimum Gasteiger partial charge on any atom is -0.395 e. The Labute approximate surface area is 191 Å². The Bertz CT molecular complexity index is 1510. The highest BCUT2D eigenvalue weighted by Gasteiger charge is 2.44. The summed E-state index contributed by atoms with van der Waals surface area (Å²) in [5.74, 6) is -0.271. The molecule has 10 heteroatoms. The topological polar surface area (TPSA) is 109 Å². The van der Waals surface area contributed by atoms with Crippen molar-refractivity contribution in [1.29, 1.82) is 0 Å².